The van der Waals surface area contributed by atoms with E-state index in [-0.39, 0.29) is 42.3 Å². The van der Waals surface area contributed by atoms with Gasteiger partial charge in [-0.25, -0.2) is 4.39 Å². The molecule has 2 aliphatic heterocycles. The summed E-state index contributed by atoms with van der Waals surface area (Å²) in [5, 5.41) is 14.7. The van der Waals surface area contributed by atoms with Crippen molar-refractivity contribution in [2.45, 2.75) is 31.7 Å². The van der Waals surface area contributed by atoms with E-state index in [9.17, 15) is 28.8 Å². The molecule has 1 aromatic carbocycles. The number of carbonyl (C=O) groups is 4. The van der Waals surface area contributed by atoms with Crippen LogP contribution in [-0.4, -0.2) is 47.7 Å². The van der Waals surface area contributed by atoms with Gasteiger partial charge in [0.05, 0.1) is 17.7 Å². The van der Waals surface area contributed by atoms with Crippen molar-refractivity contribution in [1.29, 1.82) is 5.26 Å². The fourth-order valence-corrected chi connectivity index (χ4v) is 5.19. The number of primary amides is 1. The predicted molar refractivity (Wildman–Crippen MR) is 110 cm³/mol. The molecule has 32 heavy (non-hydrogen) atoms. The van der Waals surface area contributed by atoms with Crippen molar-refractivity contribution in [2.75, 3.05) is 18.4 Å². The number of nitriles is 1. The Balaban J connectivity index is 1.46. The van der Waals surface area contributed by atoms with E-state index < -0.39 is 35.0 Å². The fraction of sp³-hybridized carbons (Fsp3) is 0.500. The number of carbonyl (C=O) groups excluding carboxylic acids is 4. The van der Waals surface area contributed by atoms with Gasteiger partial charge in [-0.2, -0.15) is 5.26 Å². The Kier molecular flexibility index (Phi) is 5.59. The van der Waals surface area contributed by atoms with Crippen LogP contribution in [0, 0.1) is 40.3 Å². The first-order chi connectivity index (χ1) is 15.3. The van der Waals surface area contributed by atoms with Crippen LogP contribution in [0.15, 0.2) is 24.3 Å². The third-order valence-electron chi connectivity index (χ3n) is 6.97. The molecule has 3 aliphatic rings. The van der Waals surface area contributed by atoms with Crippen molar-refractivity contribution >= 4 is 29.3 Å². The molecule has 4 N–H and O–H groups in total. The van der Waals surface area contributed by atoms with E-state index in [4.69, 9.17) is 5.73 Å². The average molecular weight is 441 g/mol. The number of likely N-dealkylation sites (tertiary alicyclic amines) is 1. The smallest absolute Gasteiger partial charge is 0.314 e. The lowest BCUT2D eigenvalue weighted by Gasteiger charge is -2.21. The van der Waals surface area contributed by atoms with Gasteiger partial charge >= 0.3 is 11.8 Å². The maximum Gasteiger partial charge on any atom is 0.314 e. The van der Waals surface area contributed by atoms with E-state index in [1.165, 1.54) is 18.2 Å². The number of rotatable bonds is 5. The van der Waals surface area contributed by atoms with Crippen LogP contribution in [-0.2, 0) is 19.2 Å². The van der Waals surface area contributed by atoms with Crippen molar-refractivity contribution in [3.05, 3.63) is 30.1 Å². The second-order valence-electron chi connectivity index (χ2n) is 8.91. The molecule has 1 spiro atoms. The van der Waals surface area contributed by atoms with Crippen molar-refractivity contribution < 1.29 is 23.6 Å². The zero-order chi connectivity index (χ0) is 23.0. The number of nitrogens with one attached hydrogen (secondary N) is 2. The van der Waals surface area contributed by atoms with Gasteiger partial charge in [0.25, 0.3) is 0 Å². The highest BCUT2D eigenvalue weighted by atomic mass is 19.1. The highest BCUT2D eigenvalue weighted by Crippen LogP contribution is 2.63. The molecule has 0 radical (unpaired) electrons. The number of hydrogen-bond acceptors (Lipinski definition) is 5. The first-order valence-corrected chi connectivity index (χ1v) is 10.6. The van der Waals surface area contributed by atoms with Gasteiger partial charge in [0, 0.05) is 19.0 Å². The van der Waals surface area contributed by atoms with E-state index in [0.717, 1.165) is 11.0 Å². The third-order valence-corrected chi connectivity index (χ3v) is 6.97. The summed E-state index contributed by atoms with van der Waals surface area (Å²) < 4.78 is 13.8. The molecular formula is C22H24FN5O4. The monoisotopic (exact) mass is 441 g/mol. The standard InChI is InChI=1S/C22H24FN5O4/c23-15-3-1-2-4-16(15)27-20(31)21(32)28-11-22(9-17(28)18(25)29)8-14(22)13(10-24)7-12-5-6-26-19(12)30/h1-4,12-14,17H,5-9,11H2,(H2,25,29)(H,26,30)(H,27,31)/t12-,13-,14+,17?,22-/m1/s1. The largest absolute Gasteiger partial charge is 0.368 e. The molecule has 2 saturated heterocycles. The van der Waals surface area contributed by atoms with Gasteiger partial charge in [0.15, 0.2) is 0 Å². The molecule has 4 rings (SSSR count). The summed E-state index contributed by atoms with van der Waals surface area (Å²) in [5.74, 6) is -4.19. The maximum atomic E-state index is 13.8. The molecule has 4 amide bonds. The van der Waals surface area contributed by atoms with E-state index >= 15 is 0 Å². The zero-order valence-corrected chi connectivity index (χ0v) is 17.3. The Morgan fingerprint density at radius 3 is 2.72 bits per heavy atom. The van der Waals surface area contributed by atoms with Gasteiger partial charge in [-0.1, -0.05) is 12.1 Å². The van der Waals surface area contributed by atoms with Crippen molar-refractivity contribution in [3.63, 3.8) is 0 Å². The number of nitrogens with zero attached hydrogens (tertiary/aromatic N) is 2. The summed E-state index contributed by atoms with van der Waals surface area (Å²) in [7, 11) is 0. The van der Waals surface area contributed by atoms with Crippen molar-refractivity contribution in [3.8, 4) is 6.07 Å². The quantitative estimate of drug-likeness (QED) is 0.571. The van der Waals surface area contributed by atoms with Gasteiger partial charge in [-0.05, 0) is 49.1 Å². The highest BCUT2D eigenvalue weighted by molar-refractivity contribution is 6.40. The number of anilines is 1. The molecular weight excluding hydrogens is 417 g/mol. The van der Waals surface area contributed by atoms with E-state index in [1.807, 2.05) is 0 Å². The van der Waals surface area contributed by atoms with Gasteiger partial charge in [-0.15, -0.1) is 0 Å². The van der Waals surface area contributed by atoms with Crippen LogP contribution in [0.25, 0.3) is 0 Å². The Hall–Kier alpha value is -3.48. The predicted octanol–water partition coefficient (Wildman–Crippen LogP) is 0.523. The lowest BCUT2D eigenvalue weighted by atomic mass is 9.86. The summed E-state index contributed by atoms with van der Waals surface area (Å²) in [6.45, 7) is 0.713. The molecule has 0 aromatic heterocycles. The zero-order valence-electron chi connectivity index (χ0n) is 17.3. The molecule has 3 fully saturated rings. The minimum Gasteiger partial charge on any atom is -0.368 e. The lowest BCUT2D eigenvalue weighted by molar-refractivity contribution is -0.145. The summed E-state index contributed by atoms with van der Waals surface area (Å²) >= 11 is 0. The number of benzene rings is 1. The Bertz CT molecular complexity index is 1020. The van der Waals surface area contributed by atoms with Gasteiger partial charge in [-0.3, -0.25) is 19.2 Å². The summed E-state index contributed by atoms with van der Waals surface area (Å²) in [4.78, 5) is 50.4. The fourth-order valence-electron chi connectivity index (χ4n) is 5.19. The Morgan fingerprint density at radius 1 is 1.34 bits per heavy atom. The summed E-state index contributed by atoms with van der Waals surface area (Å²) in [6.07, 6.45) is 1.99. The molecule has 1 aliphatic carbocycles. The topological polar surface area (TPSA) is 145 Å². The van der Waals surface area contributed by atoms with Crippen LogP contribution < -0.4 is 16.4 Å². The maximum absolute atomic E-state index is 13.8. The third kappa shape index (κ3) is 3.90. The first-order valence-electron chi connectivity index (χ1n) is 10.6. The SMILES string of the molecule is N#C[C@@H](C[C@H]1CCNC1=O)[C@@H]1C[C@]12CC(C(N)=O)N(C(=O)C(=O)Nc1ccccc1F)C2. The number of hydrogen-bond donors (Lipinski definition) is 3. The van der Waals surface area contributed by atoms with Crippen molar-refractivity contribution in [1.82, 2.24) is 10.2 Å². The van der Waals surface area contributed by atoms with Crippen LogP contribution in [0.5, 0.6) is 0 Å². The van der Waals surface area contributed by atoms with Gasteiger partial charge < -0.3 is 21.3 Å². The Morgan fingerprint density at radius 2 is 2.09 bits per heavy atom. The summed E-state index contributed by atoms with van der Waals surface area (Å²) in [5.41, 5.74) is 4.89. The molecule has 1 aromatic rings. The molecule has 1 unspecified atom stereocenters. The summed E-state index contributed by atoms with van der Waals surface area (Å²) in [6, 6.07) is 6.76. The normalized spacial score (nSPS) is 29.3. The minimum atomic E-state index is -1.06. The van der Waals surface area contributed by atoms with Gasteiger partial charge in [0.1, 0.15) is 11.9 Å². The molecule has 5 atom stereocenters. The van der Waals surface area contributed by atoms with Gasteiger partial charge in [0.2, 0.25) is 11.8 Å². The van der Waals surface area contributed by atoms with E-state index in [0.29, 0.717) is 25.8 Å². The molecule has 9 nitrogen and oxygen atoms in total. The molecule has 0 bridgehead atoms. The van der Waals surface area contributed by atoms with E-state index in [1.54, 1.807) is 0 Å². The average Bonchev–Trinajstić information content (AvgIpc) is 3.08. The Labute approximate surface area is 184 Å². The number of halogens is 1. The first kappa shape index (κ1) is 21.7. The van der Waals surface area contributed by atoms with Crippen LogP contribution in [0.2, 0.25) is 0 Å². The molecule has 2 heterocycles. The molecule has 168 valence electrons. The second-order valence-corrected chi connectivity index (χ2v) is 8.91. The van der Waals surface area contributed by atoms with E-state index in [2.05, 4.69) is 16.7 Å². The number of amides is 4. The molecule has 1 saturated carbocycles. The van der Waals surface area contributed by atoms with Crippen LogP contribution in [0.4, 0.5) is 10.1 Å². The second kappa shape index (κ2) is 8.22. The highest BCUT2D eigenvalue weighted by Gasteiger charge is 2.64. The van der Waals surface area contributed by atoms with Crippen molar-refractivity contribution in [2.24, 2.45) is 28.9 Å². The van der Waals surface area contributed by atoms with Crippen LogP contribution >= 0.6 is 0 Å². The minimum absolute atomic E-state index is 0.0528. The van der Waals surface area contributed by atoms with Crippen LogP contribution in [0.3, 0.4) is 0 Å². The number of nitrogens with two attached hydrogens (primary N) is 1. The van der Waals surface area contributed by atoms with Crippen LogP contribution in [0.1, 0.15) is 25.7 Å². The number of para-hydroxylation sites is 1. The molecule has 10 heteroatoms. The lowest BCUT2D eigenvalue weighted by Crippen LogP contribution is -2.48.